The van der Waals surface area contributed by atoms with Crippen LogP contribution < -0.4 is 10.2 Å². The number of anilines is 1. The van der Waals surface area contributed by atoms with E-state index in [2.05, 4.69) is 33.4 Å². The molecule has 21 heavy (non-hydrogen) atoms. The van der Waals surface area contributed by atoms with Crippen LogP contribution >= 0.6 is 0 Å². The summed E-state index contributed by atoms with van der Waals surface area (Å²) in [4.78, 5) is 18.9. The van der Waals surface area contributed by atoms with Crippen molar-refractivity contribution in [1.29, 1.82) is 0 Å². The van der Waals surface area contributed by atoms with Crippen LogP contribution in [0.15, 0.2) is 30.5 Å². The van der Waals surface area contributed by atoms with E-state index >= 15 is 0 Å². The van der Waals surface area contributed by atoms with Crippen molar-refractivity contribution in [1.82, 2.24) is 10.3 Å². The Kier molecular flexibility index (Phi) is 4.53. The third-order valence-corrected chi connectivity index (χ3v) is 4.35. The van der Waals surface area contributed by atoms with Gasteiger partial charge in [0, 0.05) is 31.7 Å². The second-order valence-corrected chi connectivity index (χ2v) is 5.92. The normalized spacial score (nSPS) is 21.5. The first kappa shape index (κ1) is 14.1. The lowest BCUT2D eigenvalue weighted by molar-refractivity contribution is -0.125. The van der Waals surface area contributed by atoms with Gasteiger partial charge in [-0.05, 0) is 49.8 Å². The quantitative estimate of drug-likeness (QED) is 0.865. The first-order valence-corrected chi connectivity index (χ1v) is 7.95. The van der Waals surface area contributed by atoms with Gasteiger partial charge in [0.25, 0.3) is 0 Å². The van der Waals surface area contributed by atoms with E-state index in [0.29, 0.717) is 6.54 Å². The standard InChI is InChI=1S/C17H23N3O/c21-17(15-6-2-1-3-7-15)19-13-14-8-9-18-16(12-14)20-10-4-5-11-20/h1-2,8-9,12,15H,3-7,10-11,13H2,(H,19,21)/t15-/m1/s1. The second kappa shape index (κ2) is 6.74. The van der Waals surface area contributed by atoms with Crippen molar-refractivity contribution in [2.75, 3.05) is 18.0 Å². The SMILES string of the molecule is O=C(NCc1ccnc(N2CCCC2)c1)[C@@H]1CC=CCC1. The number of nitrogens with one attached hydrogen (secondary N) is 1. The van der Waals surface area contributed by atoms with Gasteiger partial charge < -0.3 is 10.2 Å². The molecule has 1 N–H and O–H groups in total. The molecule has 4 nitrogen and oxygen atoms in total. The van der Waals surface area contributed by atoms with E-state index in [4.69, 9.17) is 0 Å². The van der Waals surface area contributed by atoms with E-state index in [9.17, 15) is 4.79 Å². The van der Waals surface area contributed by atoms with E-state index in [1.54, 1.807) is 0 Å². The Morgan fingerprint density at radius 2 is 2.19 bits per heavy atom. The molecule has 0 spiro atoms. The molecule has 1 aromatic rings. The summed E-state index contributed by atoms with van der Waals surface area (Å²) in [6.45, 7) is 2.79. The van der Waals surface area contributed by atoms with Crippen molar-refractivity contribution in [2.45, 2.75) is 38.6 Å². The van der Waals surface area contributed by atoms with Gasteiger partial charge in [0.2, 0.25) is 5.91 Å². The number of hydrogen-bond donors (Lipinski definition) is 1. The summed E-state index contributed by atoms with van der Waals surface area (Å²) in [7, 11) is 0. The van der Waals surface area contributed by atoms with E-state index in [1.807, 2.05) is 12.3 Å². The zero-order valence-electron chi connectivity index (χ0n) is 12.4. The summed E-state index contributed by atoms with van der Waals surface area (Å²) < 4.78 is 0. The highest BCUT2D eigenvalue weighted by Gasteiger charge is 2.18. The fourth-order valence-corrected chi connectivity index (χ4v) is 3.05. The molecule has 0 unspecified atom stereocenters. The summed E-state index contributed by atoms with van der Waals surface area (Å²) in [5.74, 6) is 1.37. The van der Waals surface area contributed by atoms with Gasteiger partial charge in [-0.1, -0.05) is 12.2 Å². The van der Waals surface area contributed by atoms with Gasteiger partial charge in [0.05, 0.1) is 0 Å². The van der Waals surface area contributed by atoms with Crippen LogP contribution in [-0.2, 0) is 11.3 Å². The molecule has 1 aliphatic carbocycles. The van der Waals surface area contributed by atoms with Crippen LogP contribution in [0.3, 0.4) is 0 Å². The van der Waals surface area contributed by atoms with Gasteiger partial charge in [-0.3, -0.25) is 4.79 Å². The van der Waals surface area contributed by atoms with Crippen LogP contribution in [0.25, 0.3) is 0 Å². The number of carbonyl (C=O) groups is 1. The van der Waals surface area contributed by atoms with E-state index in [-0.39, 0.29) is 11.8 Å². The molecule has 3 rings (SSSR count). The Morgan fingerprint density at radius 1 is 1.33 bits per heavy atom. The fraction of sp³-hybridized carbons (Fsp3) is 0.529. The van der Waals surface area contributed by atoms with Crippen LogP contribution in [0.4, 0.5) is 5.82 Å². The first-order valence-electron chi connectivity index (χ1n) is 7.95. The summed E-state index contributed by atoms with van der Waals surface area (Å²) in [5.41, 5.74) is 1.13. The molecular formula is C17H23N3O. The number of nitrogens with zero attached hydrogens (tertiary/aromatic N) is 2. The zero-order valence-corrected chi connectivity index (χ0v) is 12.4. The summed E-state index contributed by atoms with van der Waals surface area (Å²) in [5, 5.41) is 3.07. The maximum atomic E-state index is 12.1. The Morgan fingerprint density at radius 3 is 2.95 bits per heavy atom. The number of aromatic nitrogens is 1. The van der Waals surface area contributed by atoms with Gasteiger partial charge in [0.15, 0.2) is 0 Å². The van der Waals surface area contributed by atoms with Crippen LogP contribution in [0.2, 0.25) is 0 Å². The lowest BCUT2D eigenvalue weighted by Gasteiger charge is -2.19. The molecule has 1 fully saturated rings. The van der Waals surface area contributed by atoms with Gasteiger partial charge in [-0.25, -0.2) is 4.98 Å². The monoisotopic (exact) mass is 285 g/mol. The number of rotatable bonds is 4. The average Bonchev–Trinajstić information content (AvgIpc) is 3.08. The molecule has 0 bridgehead atoms. The van der Waals surface area contributed by atoms with Crippen molar-refractivity contribution in [3.63, 3.8) is 0 Å². The average molecular weight is 285 g/mol. The maximum Gasteiger partial charge on any atom is 0.223 e. The van der Waals surface area contributed by atoms with Crippen molar-refractivity contribution in [2.24, 2.45) is 5.92 Å². The van der Waals surface area contributed by atoms with E-state index in [0.717, 1.165) is 43.7 Å². The smallest absolute Gasteiger partial charge is 0.223 e. The van der Waals surface area contributed by atoms with Gasteiger partial charge in [-0.2, -0.15) is 0 Å². The number of amides is 1. The van der Waals surface area contributed by atoms with Crippen molar-refractivity contribution >= 4 is 11.7 Å². The van der Waals surface area contributed by atoms with E-state index in [1.165, 1.54) is 12.8 Å². The molecule has 4 heteroatoms. The predicted octanol–water partition coefficient (Wildman–Crippen LogP) is 2.65. The van der Waals surface area contributed by atoms with Gasteiger partial charge in [0.1, 0.15) is 5.82 Å². The third kappa shape index (κ3) is 3.63. The van der Waals surface area contributed by atoms with Crippen molar-refractivity contribution < 1.29 is 4.79 Å². The highest BCUT2D eigenvalue weighted by molar-refractivity contribution is 5.79. The minimum absolute atomic E-state index is 0.148. The Bertz CT molecular complexity index is 521. The van der Waals surface area contributed by atoms with Crippen LogP contribution in [0.1, 0.15) is 37.7 Å². The lowest BCUT2D eigenvalue weighted by Crippen LogP contribution is -2.30. The van der Waals surface area contributed by atoms with Gasteiger partial charge in [-0.15, -0.1) is 0 Å². The Hall–Kier alpha value is -1.84. The molecule has 2 heterocycles. The second-order valence-electron chi connectivity index (χ2n) is 5.92. The van der Waals surface area contributed by atoms with Crippen LogP contribution in [0, 0.1) is 5.92 Å². The number of allylic oxidation sites excluding steroid dienone is 2. The molecule has 0 aromatic carbocycles. The molecule has 1 amide bonds. The molecule has 1 saturated heterocycles. The number of pyridine rings is 1. The molecule has 0 saturated carbocycles. The summed E-state index contributed by atoms with van der Waals surface area (Å²) >= 11 is 0. The first-order chi connectivity index (χ1) is 10.3. The predicted molar refractivity (Wildman–Crippen MR) is 84.0 cm³/mol. The molecule has 112 valence electrons. The third-order valence-electron chi connectivity index (χ3n) is 4.35. The Balaban J connectivity index is 1.56. The van der Waals surface area contributed by atoms with Crippen LogP contribution in [0.5, 0.6) is 0 Å². The fourth-order valence-electron chi connectivity index (χ4n) is 3.05. The largest absolute Gasteiger partial charge is 0.357 e. The minimum atomic E-state index is 0.148. The number of carbonyl (C=O) groups excluding carboxylic acids is 1. The van der Waals surface area contributed by atoms with Gasteiger partial charge >= 0.3 is 0 Å². The molecular weight excluding hydrogens is 262 g/mol. The van der Waals surface area contributed by atoms with Crippen molar-refractivity contribution in [3.8, 4) is 0 Å². The molecule has 1 aliphatic heterocycles. The van der Waals surface area contributed by atoms with Crippen molar-refractivity contribution in [3.05, 3.63) is 36.0 Å². The van der Waals surface area contributed by atoms with E-state index < -0.39 is 0 Å². The topological polar surface area (TPSA) is 45.2 Å². The van der Waals surface area contributed by atoms with Crippen LogP contribution in [-0.4, -0.2) is 24.0 Å². The molecule has 2 aliphatic rings. The summed E-state index contributed by atoms with van der Waals surface area (Å²) in [6, 6.07) is 4.09. The Labute approximate surface area is 126 Å². The lowest BCUT2D eigenvalue weighted by atomic mass is 9.93. The molecule has 0 radical (unpaired) electrons. The highest BCUT2D eigenvalue weighted by Crippen LogP contribution is 2.20. The number of hydrogen-bond acceptors (Lipinski definition) is 3. The molecule has 1 atom stereocenters. The molecule has 1 aromatic heterocycles. The maximum absolute atomic E-state index is 12.1. The zero-order chi connectivity index (χ0) is 14.5. The summed E-state index contributed by atoms with van der Waals surface area (Å²) in [6.07, 6.45) is 11.5. The highest BCUT2D eigenvalue weighted by atomic mass is 16.1. The minimum Gasteiger partial charge on any atom is -0.357 e.